The standard InChI is InChI=1S/Cu.Mg.H4O7P2/c;;1-8(2,3)7-9(4,5)6/h;;(H2,1,2,3)(H2,4,5,6)/q2*+2;/p-4. The van der Waals surface area contributed by atoms with E-state index in [9.17, 15) is 28.7 Å². The van der Waals surface area contributed by atoms with Crippen LogP contribution >= 0.6 is 15.6 Å². The molecule has 0 aromatic carbocycles. The van der Waals surface area contributed by atoms with Crippen LogP contribution in [0.25, 0.3) is 0 Å². The van der Waals surface area contributed by atoms with E-state index in [0.717, 1.165) is 0 Å². The van der Waals surface area contributed by atoms with Crippen LogP contribution < -0.4 is 19.6 Å². The van der Waals surface area contributed by atoms with Crippen molar-refractivity contribution < 1.29 is 50.1 Å². The summed E-state index contributed by atoms with van der Waals surface area (Å²) in [6, 6.07) is 0. The average Bonchev–Trinajstić information content (AvgIpc) is 1.14. The van der Waals surface area contributed by atoms with Crippen molar-refractivity contribution in [3.05, 3.63) is 0 Å². The predicted octanol–water partition coefficient (Wildman–Crippen LogP) is -3.72. The Morgan fingerprint density at radius 2 is 1.09 bits per heavy atom. The maximum atomic E-state index is 9.32. The van der Waals surface area contributed by atoms with E-state index < -0.39 is 15.6 Å². The Morgan fingerprint density at radius 3 is 1.09 bits per heavy atom. The molecule has 1 radical (unpaired) electrons. The molecule has 0 N–H and O–H groups in total. The van der Waals surface area contributed by atoms with Gasteiger partial charge < -0.3 is 33.0 Å². The first kappa shape index (κ1) is 18.4. The number of rotatable bonds is 2. The first-order chi connectivity index (χ1) is 3.71. The van der Waals surface area contributed by atoms with Crippen LogP contribution in [0.3, 0.4) is 0 Å². The van der Waals surface area contributed by atoms with Gasteiger partial charge in [-0.1, -0.05) is 0 Å². The van der Waals surface area contributed by atoms with Crippen LogP contribution in [0.4, 0.5) is 0 Å². The molecule has 0 aromatic heterocycles. The fraction of sp³-hybridized carbons (Fsp3) is 0. The van der Waals surface area contributed by atoms with Crippen molar-refractivity contribution in [2.24, 2.45) is 0 Å². The van der Waals surface area contributed by atoms with Gasteiger partial charge in [0.1, 0.15) is 0 Å². The van der Waals surface area contributed by atoms with Crippen molar-refractivity contribution in [1.29, 1.82) is 0 Å². The molecule has 0 bridgehead atoms. The van der Waals surface area contributed by atoms with Crippen LogP contribution in [0.15, 0.2) is 0 Å². The van der Waals surface area contributed by atoms with Gasteiger partial charge in [0.15, 0.2) is 0 Å². The maximum absolute atomic E-state index is 9.32. The summed E-state index contributed by atoms with van der Waals surface area (Å²) in [6.07, 6.45) is 0. The monoisotopic (exact) mass is 261 g/mol. The molecule has 11 heavy (non-hydrogen) atoms. The molecular formula is CuMgO7P2. The van der Waals surface area contributed by atoms with Crippen LogP contribution in [-0.4, -0.2) is 23.1 Å². The molecule has 0 spiro atoms. The van der Waals surface area contributed by atoms with E-state index in [1.54, 1.807) is 0 Å². The van der Waals surface area contributed by atoms with E-state index in [1.165, 1.54) is 0 Å². The molecule has 0 aromatic rings. The summed E-state index contributed by atoms with van der Waals surface area (Å²) in [5.41, 5.74) is 0. The Morgan fingerprint density at radius 1 is 0.909 bits per heavy atom. The molecule has 7 nitrogen and oxygen atoms in total. The maximum Gasteiger partial charge on any atom is 2.00 e. The zero-order valence-corrected chi connectivity index (χ0v) is 8.91. The zero-order valence-electron chi connectivity index (χ0n) is 4.76. The summed E-state index contributed by atoms with van der Waals surface area (Å²) < 4.78 is 21.2. The molecule has 0 unspecified atom stereocenters. The van der Waals surface area contributed by atoms with Crippen LogP contribution in [0, 0.1) is 0 Å². The molecule has 0 aliphatic heterocycles. The number of hydrogen-bond acceptors (Lipinski definition) is 7. The molecule has 0 atom stereocenters. The summed E-state index contributed by atoms with van der Waals surface area (Å²) in [5, 5.41) is 0. The first-order valence-corrected chi connectivity index (χ1v) is 4.38. The third-order valence-electron chi connectivity index (χ3n) is 0.200. The fourth-order valence-corrected chi connectivity index (χ4v) is 1.10. The van der Waals surface area contributed by atoms with Gasteiger partial charge in [-0.15, -0.1) is 0 Å². The second-order valence-corrected chi connectivity index (χ2v) is 3.42. The van der Waals surface area contributed by atoms with Crippen molar-refractivity contribution >= 4 is 38.7 Å². The van der Waals surface area contributed by atoms with E-state index in [-0.39, 0.29) is 40.1 Å². The second-order valence-electron chi connectivity index (χ2n) is 0.976. The van der Waals surface area contributed by atoms with Gasteiger partial charge in [0.05, 0.1) is 15.6 Å². The van der Waals surface area contributed by atoms with Gasteiger partial charge in [0.2, 0.25) is 0 Å². The Hall–Kier alpha value is 1.55. The van der Waals surface area contributed by atoms with Crippen molar-refractivity contribution in [3.8, 4) is 0 Å². The Kier molecular flexibility index (Phi) is 10.1. The Balaban J connectivity index is -0.000000320. The first-order valence-electron chi connectivity index (χ1n) is 1.46. The van der Waals surface area contributed by atoms with Crippen LogP contribution in [0.2, 0.25) is 0 Å². The second kappa shape index (κ2) is 6.07. The van der Waals surface area contributed by atoms with Gasteiger partial charge in [-0.05, 0) is 0 Å². The van der Waals surface area contributed by atoms with Crippen LogP contribution in [-0.2, 0) is 30.5 Å². The Labute approximate surface area is 88.6 Å². The summed E-state index contributed by atoms with van der Waals surface area (Å²) in [4.78, 5) is 37.3. The van der Waals surface area contributed by atoms with Gasteiger partial charge in [-0.25, -0.2) is 0 Å². The van der Waals surface area contributed by atoms with Crippen molar-refractivity contribution in [3.63, 3.8) is 0 Å². The minimum absolute atomic E-state index is 0. The van der Waals surface area contributed by atoms with Gasteiger partial charge in [-0.3, -0.25) is 0 Å². The smallest absolute Gasteiger partial charge is 0.790 e. The van der Waals surface area contributed by atoms with E-state index in [0.29, 0.717) is 0 Å². The summed E-state index contributed by atoms with van der Waals surface area (Å²) in [5.74, 6) is 0. The predicted molar refractivity (Wildman–Crippen MR) is 22.1 cm³/mol. The molecule has 0 rings (SSSR count). The van der Waals surface area contributed by atoms with E-state index in [2.05, 4.69) is 4.31 Å². The van der Waals surface area contributed by atoms with E-state index >= 15 is 0 Å². The van der Waals surface area contributed by atoms with Crippen LogP contribution in [0.5, 0.6) is 0 Å². The fourth-order valence-electron chi connectivity index (χ4n) is 0.122. The topological polar surface area (TPSA) is 136 Å². The van der Waals surface area contributed by atoms with Gasteiger partial charge in [-0.2, -0.15) is 0 Å². The third-order valence-corrected chi connectivity index (χ3v) is 1.80. The Bertz CT molecular complexity index is 157. The SMILES string of the molecule is O=P([O-])([O-])OP(=O)([O-])[O-].[Cu+2].[Mg+2]. The van der Waals surface area contributed by atoms with E-state index in [1.807, 2.05) is 0 Å². The van der Waals surface area contributed by atoms with Gasteiger partial charge in [0, 0.05) is 0 Å². The largest absolute Gasteiger partial charge is 2.00 e. The molecule has 0 fully saturated rings. The number of phosphoric acid groups is 2. The molecule has 65 valence electrons. The third kappa shape index (κ3) is 18.5. The molecule has 0 saturated heterocycles. The molecular weight excluding hydrogens is 262 g/mol. The number of hydrogen-bond donors (Lipinski definition) is 0. The summed E-state index contributed by atoms with van der Waals surface area (Å²) >= 11 is 0. The zero-order chi connectivity index (χ0) is 7.71. The normalized spacial score (nSPS) is 11.3. The molecule has 0 aliphatic carbocycles. The molecule has 0 saturated carbocycles. The summed E-state index contributed by atoms with van der Waals surface area (Å²) in [7, 11) is -11.4. The minimum Gasteiger partial charge on any atom is -0.790 e. The molecule has 11 heteroatoms. The van der Waals surface area contributed by atoms with Crippen molar-refractivity contribution in [2.75, 3.05) is 0 Å². The molecule has 0 aliphatic rings. The van der Waals surface area contributed by atoms with Crippen LogP contribution in [0.1, 0.15) is 0 Å². The average molecular weight is 262 g/mol. The van der Waals surface area contributed by atoms with Crippen molar-refractivity contribution in [2.45, 2.75) is 0 Å². The van der Waals surface area contributed by atoms with Crippen molar-refractivity contribution in [1.82, 2.24) is 0 Å². The quantitative estimate of drug-likeness (QED) is 0.368. The van der Waals surface area contributed by atoms with E-state index in [4.69, 9.17) is 0 Å². The van der Waals surface area contributed by atoms with Gasteiger partial charge >= 0.3 is 40.1 Å². The minimum atomic E-state index is -5.68. The summed E-state index contributed by atoms with van der Waals surface area (Å²) in [6.45, 7) is 0. The molecule has 0 heterocycles. The molecule has 0 amide bonds. The van der Waals surface area contributed by atoms with Gasteiger partial charge in [0.25, 0.3) is 0 Å².